The third kappa shape index (κ3) is 2.14. The first-order chi connectivity index (χ1) is 8.53. The highest BCUT2D eigenvalue weighted by molar-refractivity contribution is 5.75. The molecule has 0 N–H and O–H groups in total. The van der Waals surface area contributed by atoms with Crippen molar-refractivity contribution in [3.05, 3.63) is 53.6 Å². The van der Waals surface area contributed by atoms with Gasteiger partial charge in [0.2, 0.25) is 0 Å². The van der Waals surface area contributed by atoms with Crippen LogP contribution in [0, 0.1) is 6.92 Å². The summed E-state index contributed by atoms with van der Waals surface area (Å²) in [7, 11) is 0. The molecule has 1 aliphatic carbocycles. The maximum absolute atomic E-state index is 5.88. The van der Waals surface area contributed by atoms with Crippen molar-refractivity contribution in [2.45, 2.75) is 38.8 Å². The van der Waals surface area contributed by atoms with E-state index < -0.39 is 5.79 Å². The quantitative estimate of drug-likeness (QED) is 0.750. The van der Waals surface area contributed by atoms with Crippen molar-refractivity contribution in [1.82, 2.24) is 0 Å². The molecule has 1 aliphatic heterocycles. The molecule has 0 bridgehead atoms. The Morgan fingerprint density at radius 1 is 1.00 bits per heavy atom. The van der Waals surface area contributed by atoms with Gasteiger partial charge in [-0.2, -0.15) is 0 Å². The molecule has 0 radical (unpaired) electrons. The van der Waals surface area contributed by atoms with Crippen LogP contribution in [0.1, 0.15) is 25.0 Å². The van der Waals surface area contributed by atoms with E-state index in [1.54, 1.807) is 0 Å². The van der Waals surface area contributed by atoms with Crippen LogP contribution >= 0.6 is 0 Å². The van der Waals surface area contributed by atoms with Crippen LogP contribution < -0.4 is 0 Å². The molecule has 1 aromatic carbocycles. The van der Waals surface area contributed by atoms with Gasteiger partial charge in [-0.1, -0.05) is 42.0 Å². The van der Waals surface area contributed by atoms with Gasteiger partial charge in [0.25, 0.3) is 0 Å². The van der Waals surface area contributed by atoms with Crippen LogP contribution in [-0.4, -0.2) is 18.0 Å². The van der Waals surface area contributed by atoms with Gasteiger partial charge in [0, 0.05) is 0 Å². The number of benzene rings is 1. The predicted molar refractivity (Wildman–Crippen MR) is 72.1 cm³/mol. The summed E-state index contributed by atoms with van der Waals surface area (Å²) in [4.78, 5) is 0. The molecule has 1 fully saturated rings. The van der Waals surface area contributed by atoms with E-state index in [9.17, 15) is 0 Å². The van der Waals surface area contributed by atoms with E-state index >= 15 is 0 Å². The molecule has 1 heterocycles. The minimum absolute atomic E-state index is 0.0290. The van der Waals surface area contributed by atoms with Crippen molar-refractivity contribution >= 4 is 5.57 Å². The summed E-state index contributed by atoms with van der Waals surface area (Å²) < 4.78 is 11.7. The number of rotatable bonds is 1. The fraction of sp³-hybridized carbons (Fsp3) is 0.375. The maximum Gasteiger partial charge on any atom is 0.164 e. The first-order valence-corrected chi connectivity index (χ1v) is 6.36. The number of ether oxygens (including phenoxy) is 2. The molecule has 0 saturated carbocycles. The summed E-state index contributed by atoms with van der Waals surface area (Å²) in [6.07, 6.45) is 6.45. The van der Waals surface area contributed by atoms with Crippen LogP contribution in [-0.2, 0) is 9.47 Å². The van der Waals surface area contributed by atoms with Gasteiger partial charge in [-0.3, -0.25) is 0 Å². The smallest absolute Gasteiger partial charge is 0.164 e. The predicted octanol–water partition coefficient (Wildman–Crippen LogP) is 3.47. The average molecular weight is 242 g/mol. The molecule has 0 spiro atoms. The van der Waals surface area contributed by atoms with Crippen molar-refractivity contribution in [3.8, 4) is 0 Å². The molecule has 2 heteroatoms. The Morgan fingerprint density at radius 3 is 2.39 bits per heavy atom. The molecular weight excluding hydrogens is 224 g/mol. The van der Waals surface area contributed by atoms with E-state index in [2.05, 4.69) is 49.4 Å². The first-order valence-electron chi connectivity index (χ1n) is 6.36. The Bertz CT molecular complexity index is 508. The van der Waals surface area contributed by atoms with Gasteiger partial charge in [0.05, 0.1) is 0 Å². The molecule has 0 unspecified atom stereocenters. The topological polar surface area (TPSA) is 18.5 Å². The number of aryl methyl sites for hydroxylation is 1. The fourth-order valence-corrected chi connectivity index (χ4v) is 2.46. The molecule has 1 aromatic rings. The van der Waals surface area contributed by atoms with Gasteiger partial charge in [-0.25, -0.2) is 0 Å². The second-order valence-electron chi connectivity index (χ2n) is 5.41. The van der Waals surface area contributed by atoms with Gasteiger partial charge in [0.15, 0.2) is 5.79 Å². The molecule has 2 atom stereocenters. The lowest BCUT2D eigenvalue weighted by Crippen LogP contribution is -2.20. The normalized spacial score (nSPS) is 28.9. The molecule has 94 valence electrons. The van der Waals surface area contributed by atoms with Crippen molar-refractivity contribution < 1.29 is 9.47 Å². The minimum atomic E-state index is -0.487. The average Bonchev–Trinajstić information content (AvgIpc) is 2.62. The van der Waals surface area contributed by atoms with E-state index in [0.717, 1.165) is 0 Å². The monoisotopic (exact) mass is 242 g/mol. The van der Waals surface area contributed by atoms with E-state index in [4.69, 9.17) is 9.47 Å². The number of allylic oxidation sites excluding steroid dienone is 2. The van der Waals surface area contributed by atoms with E-state index in [0.29, 0.717) is 0 Å². The third-order valence-corrected chi connectivity index (χ3v) is 3.36. The van der Waals surface area contributed by atoms with Crippen LogP contribution in [0.2, 0.25) is 0 Å². The summed E-state index contributed by atoms with van der Waals surface area (Å²) in [5, 5.41) is 0. The summed E-state index contributed by atoms with van der Waals surface area (Å²) in [5.74, 6) is -0.487. The Morgan fingerprint density at radius 2 is 1.67 bits per heavy atom. The standard InChI is InChI=1S/C16H18O2/c1-11-4-6-12(7-5-11)13-8-9-14-15(10-13)18-16(2,3)17-14/h4-10,14-15H,1-3H3/t14-,15+/m0/s1. The zero-order chi connectivity index (χ0) is 12.8. The van der Waals surface area contributed by atoms with Gasteiger partial charge in [-0.15, -0.1) is 0 Å². The lowest BCUT2D eigenvalue weighted by Gasteiger charge is -2.16. The minimum Gasteiger partial charge on any atom is -0.340 e. The lowest BCUT2D eigenvalue weighted by molar-refractivity contribution is -0.138. The Kier molecular flexibility index (Phi) is 2.65. The third-order valence-electron chi connectivity index (χ3n) is 3.36. The zero-order valence-electron chi connectivity index (χ0n) is 11.0. The van der Waals surface area contributed by atoms with Gasteiger partial charge < -0.3 is 9.47 Å². The summed E-state index contributed by atoms with van der Waals surface area (Å²) in [6.45, 7) is 6.01. The maximum atomic E-state index is 5.88. The summed E-state index contributed by atoms with van der Waals surface area (Å²) >= 11 is 0. The van der Waals surface area contributed by atoms with Crippen LogP contribution in [0.5, 0.6) is 0 Å². The molecule has 1 saturated heterocycles. The van der Waals surface area contributed by atoms with E-state index in [1.807, 2.05) is 13.8 Å². The van der Waals surface area contributed by atoms with E-state index in [1.165, 1.54) is 16.7 Å². The highest BCUT2D eigenvalue weighted by Crippen LogP contribution is 2.34. The Balaban J connectivity index is 1.88. The molecule has 2 nitrogen and oxygen atoms in total. The largest absolute Gasteiger partial charge is 0.340 e. The highest BCUT2D eigenvalue weighted by atomic mass is 16.7. The molecule has 3 rings (SSSR count). The van der Waals surface area contributed by atoms with Crippen LogP contribution in [0.4, 0.5) is 0 Å². The Hall–Kier alpha value is -1.38. The molecule has 18 heavy (non-hydrogen) atoms. The Labute approximate surface area is 108 Å². The van der Waals surface area contributed by atoms with Crippen molar-refractivity contribution in [1.29, 1.82) is 0 Å². The summed E-state index contributed by atoms with van der Waals surface area (Å²) in [5.41, 5.74) is 3.71. The van der Waals surface area contributed by atoms with Crippen molar-refractivity contribution in [2.24, 2.45) is 0 Å². The zero-order valence-corrected chi connectivity index (χ0v) is 11.0. The first kappa shape index (κ1) is 11.7. The highest BCUT2D eigenvalue weighted by Gasteiger charge is 2.40. The van der Waals surface area contributed by atoms with Gasteiger partial charge in [0.1, 0.15) is 12.2 Å². The molecule has 2 aliphatic rings. The van der Waals surface area contributed by atoms with Crippen molar-refractivity contribution in [3.63, 3.8) is 0 Å². The SMILES string of the molecule is Cc1ccc(C2=C[C@H]3OC(C)(C)O[C@H]3C=C2)cc1. The molecule has 0 amide bonds. The number of hydrogen-bond donors (Lipinski definition) is 0. The fourth-order valence-electron chi connectivity index (χ4n) is 2.46. The lowest BCUT2D eigenvalue weighted by atomic mass is 9.96. The summed E-state index contributed by atoms with van der Waals surface area (Å²) in [6, 6.07) is 8.55. The van der Waals surface area contributed by atoms with E-state index in [-0.39, 0.29) is 12.2 Å². The molecular formula is C16H18O2. The van der Waals surface area contributed by atoms with Crippen LogP contribution in [0.3, 0.4) is 0 Å². The second-order valence-corrected chi connectivity index (χ2v) is 5.41. The van der Waals surface area contributed by atoms with Crippen LogP contribution in [0.25, 0.3) is 5.57 Å². The van der Waals surface area contributed by atoms with Gasteiger partial charge in [-0.05, 0) is 38.0 Å². The number of hydrogen-bond acceptors (Lipinski definition) is 2. The number of fused-ring (bicyclic) bond motifs is 1. The second kappa shape index (κ2) is 4.08. The van der Waals surface area contributed by atoms with Crippen LogP contribution in [0.15, 0.2) is 42.5 Å². The molecule has 0 aromatic heterocycles. The van der Waals surface area contributed by atoms with Crippen molar-refractivity contribution in [2.75, 3.05) is 0 Å². The van der Waals surface area contributed by atoms with Gasteiger partial charge >= 0.3 is 0 Å².